The van der Waals surface area contributed by atoms with E-state index >= 15 is 0 Å². The van der Waals surface area contributed by atoms with E-state index in [9.17, 15) is 4.79 Å². The molecule has 1 amide bonds. The number of nitrogens with two attached hydrogens (primary N) is 1. The van der Waals surface area contributed by atoms with Crippen LogP contribution in [0.5, 0.6) is 0 Å². The van der Waals surface area contributed by atoms with Crippen LogP contribution in [-0.4, -0.2) is 16.9 Å². The third-order valence-corrected chi connectivity index (χ3v) is 2.10. The first-order chi connectivity index (χ1) is 7.13. The zero-order valence-corrected chi connectivity index (χ0v) is 9.16. The molecule has 4 nitrogen and oxygen atoms in total. The molecule has 1 aromatic heterocycles. The molecule has 1 heterocycles. The van der Waals surface area contributed by atoms with Crippen LogP contribution >= 0.6 is 0 Å². The van der Waals surface area contributed by atoms with Crippen LogP contribution in [0.2, 0.25) is 0 Å². The topological polar surface area (TPSA) is 68.0 Å². The summed E-state index contributed by atoms with van der Waals surface area (Å²) in [5, 5.41) is 2.69. The van der Waals surface area contributed by atoms with E-state index in [0.29, 0.717) is 12.2 Å². The highest BCUT2D eigenvalue weighted by molar-refractivity contribution is 5.93. The fourth-order valence-corrected chi connectivity index (χ4v) is 1.27. The summed E-state index contributed by atoms with van der Waals surface area (Å²) in [5.74, 6) is 0.390. The van der Waals surface area contributed by atoms with Gasteiger partial charge in [0.1, 0.15) is 5.82 Å². The molecular formula is C11H17N3O. The molecule has 0 aliphatic heterocycles. The molecule has 0 unspecified atom stereocenters. The third-order valence-electron chi connectivity index (χ3n) is 2.10. The van der Waals surface area contributed by atoms with E-state index in [-0.39, 0.29) is 5.91 Å². The maximum atomic E-state index is 11.5. The lowest BCUT2D eigenvalue weighted by molar-refractivity contribution is -0.117. The summed E-state index contributed by atoms with van der Waals surface area (Å²) in [5.41, 5.74) is 6.73. The van der Waals surface area contributed by atoms with Crippen molar-refractivity contribution in [3.8, 4) is 0 Å². The van der Waals surface area contributed by atoms with Crippen LogP contribution < -0.4 is 11.1 Å². The Morgan fingerprint density at radius 3 is 3.00 bits per heavy atom. The zero-order valence-electron chi connectivity index (χ0n) is 9.16. The number of pyridine rings is 1. The van der Waals surface area contributed by atoms with Crippen molar-refractivity contribution < 1.29 is 4.79 Å². The van der Waals surface area contributed by atoms with Gasteiger partial charge >= 0.3 is 0 Å². The first-order valence-electron chi connectivity index (χ1n) is 5.12. The standard InChI is InChI=1S/C11H17N3O/c1-3-4-9(12)11(15)14-10-7-8(2)5-6-13-10/h5-7,9H,3-4,12H2,1-2H3,(H,13,14,15)/t9-/m0/s1. The number of aromatic nitrogens is 1. The summed E-state index contributed by atoms with van der Waals surface area (Å²) in [6, 6.07) is 3.25. The van der Waals surface area contributed by atoms with Crippen LogP contribution in [0, 0.1) is 6.92 Å². The van der Waals surface area contributed by atoms with Crippen molar-refractivity contribution in [2.45, 2.75) is 32.7 Å². The molecule has 0 bridgehead atoms. The number of hydrogen-bond donors (Lipinski definition) is 2. The van der Waals surface area contributed by atoms with Crippen molar-refractivity contribution in [3.63, 3.8) is 0 Å². The average Bonchev–Trinajstić information content (AvgIpc) is 2.18. The van der Waals surface area contributed by atoms with Gasteiger partial charge in [-0.2, -0.15) is 0 Å². The van der Waals surface area contributed by atoms with Gasteiger partial charge in [0, 0.05) is 6.20 Å². The molecule has 3 N–H and O–H groups in total. The van der Waals surface area contributed by atoms with Gasteiger partial charge in [0.05, 0.1) is 6.04 Å². The normalized spacial score (nSPS) is 12.2. The average molecular weight is 207 g/mol. The van der Waals surface area contributed by atoms with E-state index in [0.717, 1.165) is 12.0 Å². The largest absolute Gasteiger partial charge is 0.320 e. The van der Waals surface area contributed by atoms with E-state index in [1.807, 2.05) is 26.0 Å². The molecule has 1 rings (SSSR count). The Morgan fingerprint density at radius 1 is 1.67 bits per heavy atom. The van der Waals surface area contributed by atoms with Gasteiger partial charge in [-0.25, -0.2) is 4.98 Å². The van der Waals surface area contributed by atoms with E-state index in [1.54, 1.807) is 6.20 Å². The van der Waals surface area contributed by atoms with Gasteiger partial charge in [0.25, 0.3) is 0 Å². The summed E-state index contributed by atoms with van der Waals surface area (Å²) in [6.07, 6.45) is 3.25. The molecule has 0 fully saturated rings. The number of carbonyl (C=O) groups excluding carboxylic acids is 1. The number of nitrogens with zero attached hydrogens (tertiary/aromatic N) is 1. The molecule has 1 atom stereocenters. The number of aryl methyl sites for hydroxylation is 1. The first-order valence-corrected chi connectivity index (χ1v) is 5.12. The number of nitrogens with one attached hydrogen (secondary N) is 1. The van der Waals surface area contributed by atoms with Gasteiger partial charge in [0.2, 0.25) is 5.91 Å². The summed E-state index contributed by atoms with van der Waals surface area (Å²) in [7, 11) is 0. The van der Waals surface area contributed by atoms with Crippen LogP contribution in [0.4, 0.5) is 5.82 Å². The number of carbonyl (C=O) groups is 1. The molecule has 0 aliphatic carbocycles. The van der Waals surface area contributed by atoms with Crippen molar-refractivity contribution in [2.24, 2.45) is 5.73 Å². The predicted molar refractivity (Wildman–Crippen MR) is 60.5 cm³/mol. The van der Waals surface area contributed by atoms with Crippen LogP contribution in [0.25, 0.3) is 0 Å². The second-order valence-corrected chi connectivity index (χ2v) is 3.60. The van der Waals surface area contributed by atoms with E-state index in [2.05, 4.69) is 10.3 Å². The minimum atomic E-state index is -0.447. The number of anilines is 1. The quantitative estimate of drug-likeness (QED) is 0.785. The molecule has 0 aromatic carbocycles. The Balaban J connectivity index is 2.58. The molecule has 4 heteroatoms. The smallest absolute Gasteiger partial charge is 0.242 e. The lowest BCUT2D eigenvalue weighted by Crippen LogP contribution is -2.35. The second-order valence-electron chi connectivity index (χ2n) is 3.60. The van der Waals surface area contributed by atoms with Gasteiger partial charge in [0.15, 0.2) is 0 Å². The number of hydrogen-bond acceptors (Lipinski definition) is 3. The zero-order chi connectivity index (χ0) is 11.3. The fourth-order valence-electron chi connectivity index (χ4n) is 1.27. The minimum absolute atomic E-state index is 0.171. The van der Waals surface area contributed by atoms with E-state index in [1.165, 1.54) is 0 Å². The Labute approximate surface area is 89.9 Å². The molecular weight excluding hydrogens is 190 g/mol. The predicted octanol–water partition coefficient (Wildman–Crippen LogP) is 1.46. The lowest BCUT2D eigenvalue weighted by atomic mass is 10.1. The Morgan fingerprint density at radius 2 is 2.40 bits per heavy atom. The highest BCUT2D eigenvalue weighted by atomic mass is 16.2. The lowest BCUT2D eigenvalue weighted by Gasteiger charge is -2.10. The summed E-state index contributed by atoms with van der Waals surface area (Å²) in [6.45, 7) is 3.95. The van der Waals surface area contributed by atoms with Crippen molar-refractivity contribution in [3.05, 3.63) is 23.9 Å². The number of amides is 1. The van der Waals surface area contributed by atoms with Crippen LogP contribution in [-0.2, 0) is 4.79 Å². The highest BCUT2D eigenvalue weighted by Gasteiger charge is 2.12. The summed E-state index contributed by atoms with van der Waals surface area (Å²) in [4.78, 5) is 15.6. The van der Waals surface area contributed by atoms with Crippen LogP contribution in [0.1, 0.15) is 25.3 Å². The van der Waals surface area contributed by atoms with Crippen LogP contribution in [0.3, 0.4) is 0 Å². The summed E-state index contributed by atoms with van der Waals surface area (Å²) < 4.78 is 0. The van der Waals surface area contributed by atoms with Gasteiger partial charge in [-0.3, -0.25) is 4.79 Å². The van der Waals surface area contributed by atoms with Crippen molar-refractivity contribution in [2.75, 3.05) is 5.32 Å². The van der Waals surface area contributed by atoms with Crippen molar-refractivity contribution in [1.29, 1.82) is 0 Å². The molecule has 1 aromatic rings. The van der Waals surface area contributed by atoms with Crippen molar-refractivity contribution >= 4 is 11.7 Å². The van der Waals surface area contributed by atoms with Crippen LogP contribution in [0.15, 0.2) is 18.3 Å². The first kappa shape index (κ1) is 11.7. The fraction of sp³-hybridized carbons (Fsp3) is 0.455. The third kappa shape index (κ3) is 3.67. The van der Waals surface area contributed by atoms with Gasteiger partial charge in [-0.15, -0.1) is 0 Å². The van der Waals surface area contributed by atoms with Gasteiger partial charge in [-0.05, 0) is 31.0 Å². The molecule has 0 saturated carbocycles. The monoisotopic (exact) mass is 207 g/mol. The molecule has 82 valence electrons. The molecule has 0 saturated heterocycles. The maximum absolute atomic E-state index is 11.5. The molecule has 0 radical (unpaired) electrons. The minimum Gasteiger partial charge on any atom is -0.320 e. The Kier molecular flexibility index (Phi) is 4.24. The molecule has 0 aliphatic rings. The SMILES string of the molecule is CCC[C@H](N)C(=O)Nc1cc(C)ccn1. The van der Waals surface area contributed by atoms with Gasteiger partial charge in [-0.1, -0.05) is 13.3 Å². The Hall–Kier alpha value is -1.42. The summed E-state index contributed by atoms with van der Waals surface area (Å²) >= 11 is 0. The number of rotatable bonds is 4. The van der Waals surface area contributed by atoms with Gasteiger partial charge < -0.3 is 11.1 Å². The molecule has 0 spiro atoms. The van der Waals surface area contributed by atoms with E-state index < -0.39 is 6.04 Å². The molecule has 15 heavy (non-hydrogen) atoms. The maximum Gasteiger partial charge on any atom is 0.242 e. The Bertz CT molecular complexity index is 338. The highest BCUT2D eigenvalue weighted by Crippen LogP contribution is 2.06. The van der Waals surface area contributed by atoms with Crippen molar-refractivity contribution in [1.82, 2.24) is 4.98 Å². The second kappa shape index (κ2) is 5.46. The van der Waals surface area contributed by atoms with E-state index in [4.69, 9.17) is 5.73 Å².